The molecule has 116 valence electrons. The summed E-state index contributed by atoms with van der Waals surface area (Å²) in [5.74, 6) is -0.777. The van der Waals surface area contributed by atoms with E-state index >= 15 is 0 Å². The van der Waals surface area contributed by atoms with Gasteiger partial charge in [0.2, 0.25) is 5.91 Å². The number of benzene rings is 2. The van der Waals surface area contributed by atoms with Crippen LogP contribution in [0.3, 0.4) is 0 Å². The molecule has 2 atom stereocenters. The monoisotopic (exact) mass is 300 g/mol. The highest BCUT2D eigenvalue weighted by atomic mass is 19.1. The first kappa shape index (κ1) is 16.2. The highest BCUT2D eigenvalue weighted by Gasteiger charge is 2.20. The Morgan fingerprint density at radius 3 is 2.41 bits per heavy atom. The minimum absolute atomic E-state index is 0.160. The lowest BCUT2D eigenvalue weighted by molar-refractivity contribution is -0.125. The molecule has 22 heavy (non-hydrogen) atoms. The van der Waals surface area contributed by atoms with Crippen LogP contribution in [-0.4, -0.2) is 12.5 Å². The van der Waals surface area contributed by atoms with Crippen molar-refractivity contribution in [2.24, 2.45) is 11.7 Å². The predicted octanol–water partition coefficient (Wildman–Crippen LogP) is 2.82. The minimum atomic E-state index is -0.412. The summed E-state index contributed by atoms with van der Waals surface area (Å²) in [5, 5.41) is 2.91. The number of halogens is 1. The van der Waals surface area contributed by atoms with Crippen LogP contribution in [0.25, 0.3) is 0 Å². The molecule has 2 aromatic rings. The van der Waals surface area contributed by atoms with Crippen molar-refractivity contribution >= 4 is 5.91 Å². The summed E-state index contributed by atoms with van der Waals surface area (Å²) in [6, 6.07) is 15.8. The van der Waals surface area contributed by atoms with Crippen molar-refractivity contribution in [3.8, 4) is 0 Å². The fourth-order valence-corrected chi connectivity index (χ4v) is 2.27. The molecular formula is C18H21FN2O. The van der Waals surface area contributed by atoms with Crippen molar-refractivity contribution in [2.75, 3.05) is 6.54 Å². The van der Waals surface area contributed by atoms with Gasteiger partial charge in [-0.2, -0.15) is 0 Å². The number of amides is 1. The second kappa shape index (κ2) is 7.71. The number of nitrogens with one attached hydrogen (secondary N) is 1. The number of hydrogen-bond donors (Lipinski definition) is 2. The van der Waals surface area contributed by atoms with Crippen molar-refractivity contribution in [1.82, 2.24) is 5.32 Å². The first-order chi connectivity index (χ1) is 10.6. The third kappa shape index (κ3) is 4.15. The molecule has 0 heterocycles. The van der Waals surface area contributed by atoms with Crippen LogP contribution in [0.2, 0.25) is 0 Å². The lowest BCUT2D eigenvalue weighted by atomic mass is 9.97. The molecule has 0 fully saturated rings. The molecule has 0 spiro atoms. The van der Waals surface area contributed by atoms with Crippen LogP contribution in [0.4, 0.5) is 4.39 Å². The lowest BCUT2D eigenvalue weighted by Crippen LogP contribution is -2.37. The van der Waals surface area contributed by atoms with Gasteiger partial charge in [0.25, 0.3) is 0 Å². The molecule has 2 aromatic carbocycles. The highest BCUT2D eigenvalue weighted by molar-refractivity contribution is 5.79. The van der Waals surface area contributed by atoms with E-state index in [0.717, 1.165) is 5.56 Å². The van der Waals surface area contributed by atoms with Crippen LogP contribution in [-0.2, 0) is 11.2 Å². The Labute approximate surface area is 130 Å². The summed E-state index contributed by atoms with van der Waals surface area (Å²) in [7, 11) is 0. The summed E-state index contributed by atoms with van der Waals surface area (Å²) in [6.07, 6.45) is 0.533. The van der Waals surface area contributed by atoms with Gasteiger partial charge in [0.15, 0.2) is 0 Å². The Bertz CT molecular complexity index is 615. The average molecular weight is 300 g/mol. The molecule has 0 saturated heterocycles. The van der Waals surface area contributed by atoms with Gasteiger partial charge in [0.1, 0.15) is 5.82 Å². The van der Waals surface area contributed by atoms with E-state index < -0.39 is 6.04 Å². The zero-order valence-electron chi connectivity index (χ0n) is 12.6. The Balaban J connectivity index is 2.25. The maximum Gasteiger partial charge on any atom is 0.224 e. The molecule has 2 rings (SSSR count). The van der Waals surface area contributed by atoms with Crippen LogP contribution in [0.15, 0.2) is 54.6 Å². The molecule has 0 saturated carbocycles. The Morgan fingerprint density at radius 1 is 1.14 bits per heavy atom. The van der Waals surface area contributed by atoms with Gasteiger partial charge in [-0.3, -0.25) is 4.79 Å². The van der Waals surface area contributed by atoms with Gasteiger partial charge in [-0.05, 0) is 18.1 Å². The molecule has 0 aromatic heterocycles. The third-order valence-electron chi connectivity index (χ3n) is 3.68. The van der Waals surface area contributed by atoms with Gasteiger partial charge >= 0.3 is 0 Å². The Hall–Kier alpha value is -2.20. The zero-order chi connectivity index (χ0) is 15.9. The molecule has 4 heteroatoms. The molecule has 3 N–H and O–H groups in total. The van der Waals surface area contributed by atoms with E-state index in [1.165, 1.54) is 6.07 Å². The van der Waals surface area contributed by atoms with E-state index in [-0.39, 0.29) is 24.2 Å². The topological polar surface area (TPSA) is 55.1 Å². The van der Waals surface area contributed by atoms with E-state index in [1.54, 1.807) is 25.1 Å². The van der Waals surface area contributed by atoms with E-state index in [0.29, 0.717) is 12.0 Å². The van der Waals surface area contributed by atoms with Crippen molar-refractivity contribution in [1.29, 1.82) is 0 Å². The van der Waals surface area contributed by atoms with E-state index in [1.807, 2.05) is 30.3 Å². The number of hydrogen-bond acceptors (Lipinski definition) is 2. The number of rotatable bonds is 6. The Morgan fingerprint density at radius 2 is 1.77 bits per heavy atom. The molecule has 1 amide bonds. The van der Waals surface area contributed by atoms with Crippen molar-refractivity contribution < 1.29 is 9.18 Å². The number of nitrogens with two attached hydrogens (primary N) is 1. The summed E-state index contributed by atoms with van der Waals surface area (Å²) < 4.78 is 14.1. The standard InChI is InChI=1S/C18H21FN2O/c1-13(12-20)18(22)21-17(11-14-7-3-2-4-8-14)15-9-5-6-10-16(15)19/h2-10,13,17H,11-12,20H2,1H3,(H,21,22). The van der Waals surface area contributed by atoms with Crippen LogP contribution in [0.1, 0.15) is 24.1 Å². The fourth-order valence-electron chi connectivity index (χ4n) is 2.27. The van der Waals surface area contributed by atoms with Crippen LogP contribution in [0.5, 0.6) is 0 Å². The van der Waals surface area contributed by atoms with Crippen LogP contribution >= 0.6 is 0 Å². The maximum absolute atomic E-state index is 14.1. The fraction of sp³-hybridized carbons (Fsp3) is 0.278. The number of carbonyl (C=O) groups excluding carboxylic acids is 1. The number of carbonyl (C=O) groups is 1. The van der Waals surface area contributed by atoms with Gasteiger partial charge < -0.3 is 11.1 Å². The highest BCUT2D eigenvalue weighted by Crippen LogP contribution is 2.21. The third-order valence-corrected chi connectivity index (χ3v) is 3.68. The van der Waals surface area contributed by atoms with Gasteiger partial charge in [0.05, 0.1) is 6.04 Å². The van der Waals surface area contributed by atoms with Crippen molar-refractivity contribution in [3.05, 3.63) is 71.5 Å². The Kier molecular flexibility index (Phi) is 5.67. The molecular weight excluding hydrogens is 279 g/mol. The largest absolute Gasteiger partial charge is 0.349 e. The SMILES string of the molecule is CC(CN)C(=O)NC(Cc1ccccc1)c1ccccc1F. The van der Waals surface area contributed by atoms with E-state index in [9.17, 15) is 9.18 Å². The maximum atomic E-state index is 14.1. The second-order valence-corrected chi connectivity index (χ2v) is 5.41. The lowest BCUT2D eigenvalue weighted by Gasteiger charge is -2.22. The normalized spacial score (nSPS) is 13.4. The van der Waals surface area contributed by atoms with Gasteiger partial charge in [-0.15, -0.1) is 0 Å². The molecule has 0 bridgehead atoms. The van der Waals surface area contributed by atoms with Gasteiger partial charge in [-0.25, -0.2) is 4.39 Å². The molecule has 0 aliphatic heterocycles. The minimum Gasteiger partial charge on any atom is -0.349 e. The summed E-state index contributed by atoms with van der Waals surface area (Å²) in [4.78, 5) is 12.1. The summed E-state index contributed by atoms with van der Waals surface area (Å²) in [5.41, 5.74) is 7.06. The summed E-state index contributed by atoms with van der Waals surface area (Å²) >= 11 is 0. The molecule has 3 nitrogen and oxygen atoms in total. The molecule has 0 aliphatic carbocycles. The zero-order valence-corrected chi connectivity index (χ0v) is 12.6. The molecule has 2 unspecified atom stereocenters. The molecule has 0 radical (unpaired) electrons. The smallest absolute Gasteiger partial charge is 0.224 e. The molecule has 0 aliphatic rings. The van der Waals surface area contributed by atoms with Crippen molar-refractivity contribution in [3.63, 3.8) is 0 Å². The first-order valence-electron chi connectivity index (χ1n) is 7.40. The van der Waals surface area contributed by atoms with Gasteiger partial charge in [0, 0.05) is 18.0 Å². The quantitative estimate of drug-likeness (QED) is 0.862. The predicted molar refractivity (Wildman–Crippen MR) is 85.6 cm³/mol. The summed E-state index contributed by atoms with van der Waals surface area (Å²) in [6.45, 7) is 2.03. The van der Waals surface area contributed by atoms with Crippen LogP contribution < -0.4 is 11.1 Å². The average Bonchev–Trinajstić information content (AvgIpc) is 2.55. The van der Waals surface area contributed by atoms with Gasteiger partial charge in [-0.1, -0.05) is 55.5 Å². The second-order valence-electron chi connectivity index (χ2n) is 5.41. The van der Waals surface area contributed by atoms with E-state index in [2.05, 4.69) is 5.32 Å². The van der Waals surface area contributed by atoms with Crippen molar-refractivity contribution in [2.45, 2.75) is 19.4 Å². The van der Waals surface area contributed by atoms with Crippen LogP contribution in [0, 0.1) is 11.7 Å². The van der Waals surface area contributed by atoms with E-state index in [4.69, 9.17) is 5.73 Å². The first-order valence-corrected chi connectivity index (χ1v) is 7.40.